The fourth-order valence-corrected chi connectivity index (χ4v) is 5.48. The fraction of sp³-hybridized carbons (Fsp3) is 0.400. The lowest BCUT2D eigenvalue weighted by molar-refractivity contribution is 0.211. The van der Waals surface area contributed by atoms with Crippen molar-refractivity contribution in [3.63, 3.8) is 0 Å². The Kier molecular flexibility index (Phi) is 7.55. The van der Waals surface area contributed by atoms with Gasteiger partial charge in [0.2, 0.25) is 0 Å². The van der Waals surface area contributed by atoms with Gasteiger partial charge in [0, 0.05) is 19.3 Å². The normalized spacial score (nSPS) is 15.5. The van der Waals surface area contributed by atoms with Crippen molar-refractivity contribution in [2.24, 2.45) is 0 Å². The molecule has 9 heteroatoms. The molecule has 4 rings (SSSR count). The number of hydrogen-bond acceptors (Lipinski definition) is 6. The first-order valence-corrected chi connectivity index (χ1v) is 12.8. The van der Waals surface area contributed by atoms with Crippen LogP contribution in [0.2, 0.25) is 0 Å². The van der Waals surface area contributed by atoms with Gasteiger partial charge in [0.15, 0.2) is 5.03 Å². The highest BCUT2D eigenvalue weighted by atomic mass is 32.2. The molecule has 1 saturated heterocycles. The second-order valence-electron chi connectivity index (χ2n) is 8.64. The van der Waals surface area contributed by atoms with Crippen LogP contribution in [-0.4, -0.2) is 61.8 Å². The number of aromatic nitrogens is 2. The molecule has 34 heavy (non-hydrogen) atoms. The Morgan fingerprint density at radius 1 is 0.882 bits per heavy atom. The zero-order valence-corrected chi connectivity index (χ0v) is 20.7. The third-order valence-electron chi connectivity index (χ3n) is 6.29. The van der Waals surface area contributed by atoms with Crippen molar-refractivity contribution in [2.45, 2.75) is 37.0 Å². The van der Waals surface area contributed by atoms with E-state index >= 15 is 0 Å². The van der Waals surface area contributed by atoms with Crippen LogP contribution in [0.15, 0.2) is 65.8 Å². The Morgan fingerprint density at radius 3 is 1.85 bits per heavy atom. The summed E-state index contributed by atoms with van der Waals surface area (Å²) in [7, 11) is 1.49. The zero-order chi connectivity index (χ0) is 24.1. The van der Waals surface area contributed by atoms with Gasteiger partial charge in [-0.25, -0.2) is 8.42 Å². The average Bonchev–Trinajstić information content (AvgIpc) is 3.36. The Balaban J connectivity index is 1.60. The minimum atomic E-state index is -3.83. The van der Waals surface area contributed by atoms with E-state index in [2.05, 4.69) is 17.0 Å². The topological polar surface area (TPSA) is 76.9 Å². The van der Waals surface area contributed by atoms with Gasteiger partial charge >= 0.3 is 0 Å². The maximum atomic E-state index is 13.7. The molecule has 0 bridgehead atoms. The highest BCUT2D eigenvalue weighted by Gasteiger charge is 2.29. The zero-order valence-electron chi connectivity index (χ0n) is 19.9. The number of benzene rings is 2. The second kappa shape index (κ2) is 10.6. The van der Waals surface area contributed by atoms with Gasteiger partial charge in [-0.3, -0.25) is 4.68 Å². The number of ether oxygens (including phenoxy) is 2. The van der Waals surface area contributed by atoms with E-state index in [9.17, 15) is 8.42 Å². The SMILES string of the molecule is COc1ccc(CN(Cc2ccc(OC)cc2)S(=O)(=O)c2ccn(C3CCN(C)CC3)n2)cc1. The lowest BCUT2D eigenvalue weighted by Gasteiger charge is -2.29. The van der Waals surface area contributed by atoms with Gasteiger partial charge < -0.3 is 14.4 Å². The quantitative estimate of drug-likeness (QED) is 0.462. The van der Waals surface area contributed by atoms with Crippen LogP contribution in [0.3, 0.4) is 0 Å². The molecule has 0 radical (unpaired) electrons. The molecule has 0 spiro atoms. The van der Waals surface area contributed by atoms with E-state index in [1.807, 2.05) is 53.2 Å². The average molecular weight is 485 g/mol. The molecule has 0 saturated carbocycles. The number of nitrogens with zero attached hydrogens (tertiary/aromatic N) is 4. The number of sulfonamides is 1. The summed E-state index contributed by atoms with van der Waals surface area (Å²) >= 11 is 0. The number of piperidine rings is 1. The molecule has 2 aromatic carbocycles. The van der Waals surface area contributed by atoms with Crippen molar-refractivity contribution in [1.82, 2.24) is 19.0 Å². The molecule has 0 aliphatic carbocycles. The van der Waals surface area contributed by atoms with Crippen molar-refractivity contribution >= 4 is 10.0 Å². The number of rotatable bonds is 9. The Labute approximate surface area is 201 Å². The molecule has 3 aromatic rings. The largest absolute Gasteiger partial charge is 0.497 e. The lowest BCUT2D eigenvalue weighted by atomic mass is 10.1. The predicted molar refractivity (Wildman–Crippen MR) is 130 cm³/mol. The van der Waals surface area contributed by atoms with E-state index in [-0.39, 0.29) is 24.2 Å². The number of hydrogen-bond donors (Lipinski definition) is 0. The second-order valence-corrected chi connectivity index (χ2v) is 10.5. The van der Waals surface area contributed by atoms with Gasteiger partial charge in [-0.2, -0.15) is 9.40 Å². The van der Waals surface area contributed by atoms with E-state index in [1.54, 1.807) is 26.5 Å². The third-order valence-corrected chi connectivity index (χ3v) is 7.97. The molecular formula is C25H32N4O4S. The highest BCUT2D eigenvalue weighted by Crippen LogP contribution is 2.25. The fourth-order valence-electron chi connectivity index (χ4n) is 4.15. The molecule has 0 N–H and O–H groups in total. The van der Waals surface area contributed by atoms with Crippen molar-refractivity contribution in [3.8, 4) is 11.5 Å². The number of methoxy groups -OCH3 is 2. The van der Waals surface area contributed by atoms with Gasteiger partial charge in [-0.15, -0.1) is 0 Å². The predicted octanol–water partition coefficient (Wildman–Crippen LogP) is 3.56. The standard InChI is InChI=1S/C25H32N4O4S/c1-27-15-12-22(13-16-27)29-17-14-25(26-29)34(30,31)28(18-20-4-8-23(32-2)9-5-20)19-21-6-10-24(33-3)11-7-21/h4-11,14,17,22H,12-13,15-16,18-19H2,1-3H3. The molecule has 0 atom stereocenters. The molecule has 0 amide bonds. The molecule has 1 aliphatic rings. The summed E-state index contributed by atoms with van der Waals surface area (Å²) in [5.74, 6) is 1.45. The summed E-state index contributed by atoms with van der Waals surface area (Å²) in [4.78, 5) is 2.28. The van der Waals surface area contributed by atoms with Crippen LogP contribution in [0.4, 0.5) is 0 Å². The molecule has 8 nitrogen and oxygen atoms in total. The van der Waals surface area contributed by atoms with Crippen LogP contribution in [0.25, 0.3) is 0 Å². The molecular weight excluding hydrogens is 452 g/mol. The lowest BCUT2D eigenvalue weighted by Crippen LogP contribution is -2.32. The monoisotopic (exact) mass is 484 g/mol. The third kappa shape index (κ3) is 5.60. The molecule has 182 valence electrons. The summed E-state index contributed by atoms with van der Waals surface area (Å²) in [5.41, 5.74) is 1.74. The molecule has 1 aromatic heterocycles. The van der Waals surface area contributed by atoms with E-state index in [0.29, 0.717) is 0 Å². The van der Waals surface area contributed by atoms with E-state index in [4.69, 9.17) is 9.47 Å². The molecule has 1 fully saturated rings. The Hall–Kier alpha value is -2.88. The summed E-state index contributed by atoms with van der Waals surface area (Å²) in [5, 5.41) is 4.60. The van der Waals surface area contributed by atoms with Gasteiger partial charge in [-0.05, 0) is 74.4 Å². The minimum absolute atomic E-state index is 0.0773. The first-order valence-electron chi connectivity index (χ1n) is 11.4. The summed E-state index contributed by atoms with van der Waals surface area (Å²) in [6.07, 6.45) is 3.71. The van der Waals surface area contributed by atoms with Crippen molar-refractivity contribution < 1.29 is 17.9 Å². The minimum Gasteiger partial charge on any atom is -0.497 e. The first-order chi connectivity index (χ1) is 16.4. The van der Waals surface area contributed by atoms with E-state index in [0.717, 1.165) is 48.6 Å². The van der Waals surface area contributed by atoms with Crippen LogP contribution in [0.1, 0.15) is 30.0 Å². The summed E-state index contributed by atoms with van der Waals surface area (Å²) in [6.45, 7) is 2.40. The van der Waals surface area contributed by atoms with Crippen LogP contribution in [0.5, 0.6) is 11.5 Å². The van der Waals surface area contributed by atoms with Crippen molar-refractivity contribution in [3.05, 3.63) is 71.9 Å². The maximum Gasteiger partial charge on any atom is 0.262 e. The van der Waals surface area contributed by atoms with E-state index < -0.39 is 10.0 Å². The van der Waals surface area contributed by atoms with Crippen LogP contribution >= 0.6 is 0 Å². The molecule has 1 aliphatic heterocycles. The van der Waals surface area contributed by atoms with Crippen molar-refractivity contribution in [1.29, 1.82) is 0 Å². The summed E-state index contributed by atoms with van der Waals surface area (Å²) < 4.78 is 41.2. The van der Waals surface area contributed by atoms with Crippen LogP contribution in [-0.2, 0) is 23.1 Å². The van der Waals surface area contributed by atoms with Gasteiger partial charge in [0.05, 0.1) is 20.3 Å². The Bertz CT molecular complexity index is 1120. The first kappa shape index (κ1) is 24.3. The van der Waals surface area contributed by atoms with Gasteiger partial charge in [0.25, 0.3) is 10.0 Å². The summed E-state index contributed by atoms with van der Waals surface area (Å²) in [6, 6.07) is 16.7. The smallest absolute Gasteiger partial charge is 0.262 e. The molecule has 0 unspecified atom stereocenters. The van der Waals surface area contributed by atoms with Crippen molar-refractivity contribution in [2.75, 3.05) is 34.4 Å². The maximum absolute atomic E-state index is 13.7. The highest BCUT2D eigenvalue weighted by molar-refractivity contribution is 7.89. The van der Waals surface area contributed by atoms with Gasteiger partial charge in [-0.1, -0.05) is 24.3 Å². The molecule has 2 heterocycles. The van der Waals surface area contributed by atoms with Gasteiger partial charge in [0.1, 0.15) is 11.5 Å². The number of likely N-dealkylation sites (tertiary alicyclic amines) is 1. The Morgan fingerprint density at radius 2 is 1.38 bits per heavy atom. The van der Waals surface area contributed by atoms with E-state index in [1.165, 1.54) is 4.31 Å². The van der Waals surface area contributed by atoms with Crippen LogP contribution < -0.4 is 9.47 Å². The van der Waals surface area contributed by atoms with Crippen LogP contribution in [0, 0.1) is 0 Å².